The third kappa shape index (κ3) is 11.5. The molecule has 17 nitrogen and oxygen atoms in total. The van der Waals surface area contributed by atoms with Gasteiger partial charge in [-0.15, -0.1) is 0 Å². The van der Waals surface area contributed by atoms with Gasteiger partial charge in [-0.05, 0) is 83.1 Å². The lowest BCUT2D eigenvalue weighted by molar-refractivity contribution is -0.146. The van der Waals surface area contributed by atoms with Crippen LogP contribution in [0.15, 0.2) is 24.3 Å². The maximum atomic E-state index is 14.8. The van der Waals surface area contributed by atoms with Crippen molar-refractivity contribution in [3.05, 3.63) is 35.9 Å². The van der Waals surface area contributed by atoms with Gasteiger partial charge in [0, 0.05) is 24.3 Å². The van der Waals surface area contributed by atoms with Crippen molar-refractivity contribution in [2.45, 2.75) is 118 Å². The van der Waals surface area contributed by atoms with E-state index in [-0.39, 0.29) is 81.3 Å². The van der Waals surface area contributed by atoms with Crippen molar-refractivity contribution in [2.24, 2.45) is 0 Å². The summed E-state index contributed by atoms with van der Waals surface area (Å²) < 4.78 is 73.1. The van der Waals surface area contributed by atoms with E-state index in [1.165, 1.54) is 39.8 Å². The predicted octanol–water partition coefficient (Wildman–Crippen LogP) is 6.58. The third-order valence-corrected chi connectivity index (χ3v) is 10.2. The van der Waals surface area contributed by atoms with Crippen molar-refractivity contribution in [1.29, 1.82) is 0 Å². The average molecular weight is 921 g/mol. The van der Waals surface area contributed by atoms with Crippen LogP contribution in [0.2, 0.25) is 0 Å². The molecule has 2 fully saturated rings. The Morgan fingerprint density at radius 2 is 1.06 bits per heavy atom. The zero-order valence-corrected chi connectivity index (χ0v) is 39.2. The first-order valence-electron chi connectivity index (χ1n) is 20.9. The molecule has 0 N–H and O–H groups in total. The third-order valence-electron chi connectivity index (χ3n) is 9.93. The minimum atomic E-state index is -0.926. The van der Waals surface area contributed by atoms with E-state index in [0.29, 0.717) is 10.7 Å². The van der Waals surface area contributed by atoms with Gasteiger partial charge in [-0.3, -0.25) is 9.69 Å². The molecule has 2 unspecified atom stereocenters. The number of hydrogen-bond donors (Lipinski definition) is 0. The van der Waals surface area contributed by atoms with Crippen LogP contribution in [0.4, 0.5) is 29.7 Å². The summed E-state index contributed by atoms with van der Waals surface area (Å²) in [6.07, 6.45) is -0.921. The summed E-state index contributed by atoms with van der Waals surface area (Å²) in [5.41, 5.74) is -2.23. The van der Waals surface area contributed by atoms with Gasteiger partial charge in [0.25, 0.3) is 5.91 Å². The Morgan fingerprint density at radius 1 is 0.688 bits per heavy atom. The molecular formula is C44H58F2N4O13S. The molecule has 0 aromatic heterocycles. The number of hydrogen-bond acceptors (Lipinski definition) is 14. The van der Waals surface area contributed by atoms with Gasteiger partial charge in [-0.25, -0.2) is 28.0 Å². The molecule has 352 valence electrons. The van der Waals surface area contributed by atoms with E-state index in [0.717, 1.165) is 6.07 Å². The number of amides is 3. The summed E-state index contributed by atoms with van der Waals surface area (Å²) >= 11 is 5.39. The van der Waals surface area contributed by atoms with Gasteiger partial charge >= 0.3 is 24.1 Å². The number of fused-ring (bicyclic) bond motifs is 2. The zero-order valence-electron chi connectivity index (χ0n) is 38.4. The normalized spacial score (nSPS) is 18.2. The second-order valence-corrected chi connectivity index (χ2v) is 18.7. The van der Waals surface area contributed by atoms with E-state index in [9.17, 15) is 32.8 Å². The number of thiocarbonyl (C=S) groups is 1. The maximum Gasteiger partial charge on any atom is 0.410 e. The van der Waals surface area contributed by atoms with Crippen LogP contribution in [0.5, 0.6) is 23.0 Å². The van der Waals surface area contributed by atoms with Crippen LogP contribution in [0, 0.1) is 11.6 Å². The number of carbonyl (C=O) groups is 5. The van der Waals surface area contributed by atoms with Gasteiger partial charge in [0.05, 0.1) is 50.8 Å². The minimum Gasteiger partial charge on any atom is -0.484 e. The number of benzene rings is 2. The average Bonchev–Trinajstić information content (AvgIpc) is 3.15. The smallest absolute Gasteiger partial charge is 0.410 e. The van der Waals surface area contributed by atoms with Gasteiger partial charge in [0.2, 0.25) is 0 Å². The first-order valence-corrected chi connectivity index (χ1v) is 21.3. The van der Waals surface area contributed by atoms with Crippen LogP contribution in [0.1, 0.15) is 83.1 Å². The number of rotatable bonds is 10. The first-order chi connectivity index (χ1) is 29.7. The quantitative estimate of drug-likeness (QED) is 0.142. The van der Waals surface area contributed by atoms with Crippen LogP contribution < -0.4 is 28.7 Å². The molecule has 2 aromatic carbocycles. The van der Waals surface area contributed by atoms with Crippen LogP contribution in [-0.2, 0) is 33.3 Å². The lowest BCUT2D eigenvalue weighted by Gasteiger charge is -2.47. The molecule has 4 aliphatic heterocycles. The summed E-state index contributed by atoms with van der Waals surface area (Å²) in [4.78, 5) is 67.6. The summed E-state index contributed by atoms with van der Waals surface area (Å²) in [5, 5.41) is 0. The molecule has 20 heteroatoms. The molecule has 2 aromatic rings. The molecule has 4 heterocycles. The number of esters is 2. The van der Waals surface area contributed by atoms with Crippen LogP contribution in [-0.4, -0.2) is 132 Å². The molecule has 0 aliphatic carbocycles. The molecule has 0 radical (unpaired) electrons. The number of nitrogens with zero attached hydrogens (tertiary/aromatic N) is 4. The van der Waals surface area contributed by atoms with E-state index >= 15 is 0 Å². The molecule has 0 spiro atoms. The number of carbonyl (C=O) groups excluding carboxylic acids is 5. The molecule has 2 saturated heterocycles. The molecule has 2 atom stereocenters. The van der Waals surface area contributed by atoms with Crippen molar-refractivity contribution >= 4 is 58.6 Å². The fourth-order valence-corrected chi connectivity index (χ4v) is 7.49. The van der Waals surface area contributed by atoms with Crippen molar-refractivity contribution < 1.29 is 70.6 Å². The van der Waals surface area contributed by atoms with Crippen LogP contribution >= 0.6 is 12.2 Å². The highest BCUT2D eigenvalue weighted by Gasteiger charge is 2.47. The summed E-state index contributed by atoms with van der Waals surface area (Å²) in [7, 11) is 0. The monoisotopic (exact) mass is 920 g/mol. The number of anilines is 2. The Kier molecular flexibility index (Phi) is 14.5. The highest BCUT2D eigenvalue weighted by Crippen LogP contribution is 2.42. The molecular weight excluding hydrogens is 863 g/mol. The summed E-state index contributed by atoms with van der Waals surface area (Å²) in [6, 6.07) is 3.49. The molecule has 0 bridgehead atoms. The number of likely N-dealkylation sites (tertiary alicyclic amines) is 2. The van der Waals surface area contributed by atoms with Crippen molar-refractivity contribution in [3.63, 3.8) is 0 Å². The van der Waals surface area contributed by atoms with Crippen molar-refractivity contribution in [3.8, 4) is 23.0 Å². The first kappa shape index (κ1) is 49.4. The highest BCUT2D eigenvalue weighted by atomic mass is 32.1. The van der Waals surface area contributed by atoms with Gasteiger partial charge in [-0.1, -0.05) is 12.2 Å². The van der Waals surface area contributed by atoms with Gasteiger partial charge < -0.3 is 52.6 Å². The predicted molar refractivity (Wildman–Crippen MR) is 232 cm³/mol. The molecule has 0 saturated carbocycles. The Balaban J connectivity index is 0.000000241. The Hall–Kier alpha value is -5.66. The second kappa shape index (κ2) is 18.8. The Morgan fingerprint density at radius 3 is 1.45 bits per heavy atom. The van der Waals surface area contributed by atoms with Gasteiger partial charge in [-0.2, -0.15) is 0 Å². The number of ether oxygens (including phenoxy) is 8. The maximum absolute atomic E-state index is 14.8. The second-order valence-electron chi connectivity index (χ2n) is 18.2. The Bertz CT molecular complexity index is 2000. The topological polar surface area (TPSA) is 172 Å². The summed E-state index contributed by atoms with van der Waals surface area (Å²) in [5.74, 6) is -2.54. The molecule has 4 aliphatic rings. The van der Waals surface area contributed by atoms with E-state index in [4.69, 9.17) is 50.1 Å². The van der Waals surface area contributed by atoms with E-state index in [1.54, 1.807) is 81.1 Å². The fourth-order valence-electron chi connectivity index (χ4n) is 7.18. The Labute approximate surface area is 377 Å². The molecule has 3 amide bonds. The van der Waals surface area contributed by atoms with E-state index < -0.39 is 76.2 Å². The highest BCUT2D eigenvalue weighted by molar-refractivity contribution is 7.80. The summed E-state index contributed by atoms with van der Waals surface area (Å²) in [6.45, 7) is 21.8. The molecule has 64 heavy (non-hydrogen) atoms. The minimum absolute atomic E-state index is 0.0237. The van der Waals surface area contributed by atoms with Gasteiger partial charge in [0.1, 0.15) is 57.6 Å². The van der Waals surface area contributed by atoms with E-state index in [1.807, 2.05) is 0 Å². The zero-order chi connectivity index (χ0) is 47.7. The standard InChI is InChI=1S/C22H29FN2O7.C22H29FN2O6S/c1-7-29-19(27)13(2)25-15-9-16(14(23)8-17(15)30-10-18(25)26)31-22(6)11-24(12-22)20(28)32-21(3,4)5;1-7-28-19(26)13(2)25-15-9-16(14(23)8-17(15)29-10-18(25)32)30-22(6)11-24(12-22)20(27)31-21(3,4)5/h2*8-9,13H,7,10-12H2,1-6H3. The van der Waals surface area contributed by atoms with E-state index in [2.05, 4.69) is 0 Å². The van der Waals surface area contributed by atoms with Crippen LogP contribution in [0.25, 0.3) is 0 Å². The van der Waals surface area contributed by atoms with Crippen molar-refractivity contribution in [1.82, 2.24) is 9.80 Å². The van der Waals surface area contributed by atoms with Crippen molar-refractivity contribution in [2.75, 3.05) is 62.4 Å². The lowest BCUT2D eigenvalue weighted by Crippen LogP contribution is -2.65. The van der Waals surface area contributed by atoms with Crippen LogP contribution in [0.3, 0.4) is 0 Å². The molecule has 6 rings (SSSR count). The largest absolute Gasteiger partial charge is 0.484 e. The number of halogens is 2. The SMILES string of the molecule is CCOC(=O)C(C)N1C(=O)COc2cc(F)c(OC3(C)CN(C(=O)OC(C)(C)C)C3)cc21.CCOC(=O)C(C)N1C(=S)COc2cc(F)c(OC3(C)CN(C(=O)OC(C)(C)C)C3)cc21. The lowest BCUT2D eigenvalue weighted by atomic mass is 9.97. The fraction of sp³-hybridized carbons (Fsp3) is 0.591. The van der Waals surface area contributed by atoms with Gasteiger partial charge in [0.15, 0.2) is 29.7 Å².